The van der Waals surface area contributed by atoms with Gasteiger partial charge >= 0.3 is 6.03 Å². The molecular weight excluding hydrogens is 306 g/mol. The standard InChI is InChI=1S/C17H21N5O2/c1-21-11-18-16(20-21)13-3-2-4-14(9-13)19-17(23)22-7-8-24-10-15(22)12-5-6-12/h2-4,9,11-12,15H,5-8,10H2,1H3,(H,19,23)/t15-/m0/s1. The van der Waals surface area contributed by atoms with Gasteiger partial charge in [0.2, 0.25) is 0 Å². The predicted molar refractivity (Wildman–Crippen MR) is 89.5 cm³/mol. The Hall–Kier alpha value is -2.41. The number of anilines is 1. The smallest absolute Gasteiger partial charge is 0.322 e. The maximum Gasteiger partial charge on any atom is 0.322 e. The first-order valence-electron chi connectivity index (χ1n) is 8.32. The maximum atomic E-state index is 12.7. The van der Waals surface area contributed by atoms with E-state index in [2.05, 4.69) is 15.4 Å². The molecule has 1 saturated carbocycles. The minimum Gasteiger partial charge on any atom is -0.377 e. The van der Waals surface area contributed by atoms with Crippen LogP contribution in [0.5, 0.6) is 0 Å². The van der Waals surface area contributed by atoms with Gasteiger partial charge in [0, 0.05) is 24.8 Å². The molecule has 2 amide bonds. The zero-order chi connectivity index (χ0) is 16.5. The summed E-state index contributed by atoms with van der Waals surface area (Å²) in [5, 5.41) is 7.31. The zero-order valence-corrected chi connectivity index (χ0v) is 13.7. The molecule has 4 rings (SSSR count). The highest BCUT2D eigenvalue weighted by Gasteiger charge is 2.39. The fourth-order valence-electron chi connectivity index (χ4n) is 3.15. The Morgan fingerprint density at radius 3 is 3.00 bits per heavy atom. The number of aromatic nitrogens is 3. The van der Waals surface area contributed by atoms with E-state index in [9.17, 15) is 4.79 Å². The van der Waals surface area contributed by atoms with Gasteiger partial charge in [0.05, 0.1) is 19.3 Å². The first-order chi connectivity index (χ1) is 11.7. The molecule has 2 fully saturated rings. The second-order valence-electron chi connectivity index (χ2n) is 6.43. The van der Waals surface area contributed by atoms with E-state index in [0.29, 0.717) is 31.5 Å². The van der Waals surface area contributed by atoms with Crippen molar-refractivity contribution in [1.29, 1.82) is 0 Å². The fraction of sp³-hybridized carbons (Fsp3) is 0.471. The van der Waals surface area contributed by atoms with Gasteiger partial charge < -0.3 is 15.0 Å². The van der Waals surface area contributed by atoms with Gasteiger partial charge in [-0.2, -0.15) is 5.10 Å². The fourth-order valence-corrected chi connectivity index (χ4v) is 3.15. The molecule has 24 heavy (non-hydrogen) atoms. The molecule has 0 unspecified atom stereocenters. The highest BCUT2D eigenvalue weighted by atomic mass is 16.5. The number of hydrogen-bond donors (Lipinski definition) is 1. The molecule has 1 aliphatic carbocycles. The predicted octanol–water partition coefficient (Wildman–Crippen LogP) is 2.12. The Morgan fingerprint density at radius 2 is 2.25 bits per heavy atom. The average Bonchev–Trinajstić information content (AvgIpc) is 3.36. The Morgan fingerprint density at radius 1 is 1.38 bits per heavy atom. The molecule has 1 saturated heterocycles. The van der Waals surface area contributed by atoms with E-state index < -0.39 is 0 Å². The number of nitrogens with zero attached hydrogens (tertiary/aromatic N) is 4. The molecule has 1 atom stereocenters. The van der Waals surface area contributed by atoms with Crippen LogP contribution >= 0.6 is 0 Å². The molecule has 0 radical (unpaired) electrons. The third-order valence-electron chi connectivity index (χ3n) is 4.56. The summed E-state index contributed by atoms with van der Waals surface area (Å²) in [7, 11) is 1.83. The number of urea groups is 1. The van der Waals surface area contributed by atoms with Crippen LogP contribution in [0.1, 0.15) is 12.8 Å². The van der Waals surface area contributed by atoms with E-state index in [4.69, 9.17) is 4.74 Å². The summed E-state index contributed by atoms with van der Waals surface area (Å²) in [5.74, 6) is 1.25. The Kier molecular flexibility index (Phi) is 3.93. The van der Waals surface area contributed by atoms with Crippen molar-refractivity contribution in [2.45, 2.75) is 18.9 Å². The van der Waals surface area contributed by atoms with Gasteiger partial charge in [0.1, 0.15) is 6.33 Å². The van der Waals surface area contributed by atoms with Crippen LogP contribution in [0.25, 0.3) is 11.4 Å². The zero-order valence-electron chi connectivity index (χ0n) is 13.7. The van der Waals surface area contributed by atoms with E-state index >= 15 is 0 Å². The van der Waals surface area contributed by atoms with Crippen LogP contribution < -0.4 is 5.32 Å². The molecule has 1 N–H and O–H groups in total. The molecule has 2 heterocycles. The summed E-state index contributed by atoms with van der Waals surface area (Å²) in [5.41, 5.74) is 1.64. The third-order valence-corrected chi connectivity index (χ3v) is 4.56. The molecular formula is C17H21N5O2. The van der Waals surface area contributed by atoms with Crippen molar-refractivity contribution < 1.29 is 9.53 Å². The van der Waals surface area contributed by atoms with Gasteiger partial charge in [-0.05, 0) is 30.9 Å². The van der Waals surface area contributed by atoms with Crippen molar-refractivity contribution in [3.8, 4) is 11.4 Å². The summed E-state index contributed by atoms with van der Waals surface area (Å²) < 4.78 is 7.21. The molecule has 2 aliphatic rings. The molecule has 126 valence electrons. The van der Waals surface area contributed by atoms with Crippen LogP contribution in [0.3, 0.4) is 0 Å². The second-order valence-corrected chi connectivity index (χ2v) is 6.43. The molecule has 1 aromatic carbocycles. The van der Waals surface area contributed by atoms with Crippen molar-refractivity contribution in [1.82, 2.24) is 19.7 Å². The monoisotopic (exact) mass is 327 g/mol. The van der Waals surface area contributed by atoms with Gasteiger partial charge in [-0.15, -0.1) is 0 Å². The number of amides is 2. The van der Waals surface area contributed by atoms with Crippen LogP contribution in [0.15, 0.2) is 30.6 Å². The number of carbonyl (C=O) groups excluding carboxylic acids is 1. The van der Waals surface area contributed by atoms with Crippen LogP contribution in [0.2, 0.25) is 0 Å². The molecule has 0 spiro atoms. The summed E-state index contributed by atoms with van der Waals surface area (Å²) in [4.78, 5) is 18.9. The number of morpholine rings is 1. The average molecular weight is 327 g/mol. The van der Waals surface area contributed by atoms with Crippen LogP contribution in [0, 0.1) is 5.92 Å². The van der Waals surface area contributed by atoms with Gasteiger partial charge in [0.15, 0.2) is 5.82 Å². The highest BCUT2D eigenvalue weighted by Crippen LogP contribution is 2.36. The van der Waals surface area contributed by atoms with E-state index in [0.717, 1.165) is 11.3 Å². The van der Waals surface area contributed by atoms with Gasteiger partial charge in [-0.1, -0.05) is 12.1 Å². The Labute approximate surface area is 140 Å². The van der Waals surface area contributed by atoms with Crippen molar-refractivity contribution in [2.75, 3.05) is 25.1 Å². The molecule has 2 aromatic rings. The summed E-state index contributed by atoms with van der Waals surface area (Å²) in [6, 6.07) is 7.78. The highest BCUT2D eigenvalue weighted by molar-refractivity contribution is 5.90. The van der Waals surface area contributed by atoms with Gasteiger partial charge in [0.25, 0.3) is 0 Å². The van der Waals surface area contributed by atoms with E-state index in [1.807, 2.05) is 36.2 Å². The van der Waals surface area contributed by atoms with E-state index in [1.54, 1.807) is 11.0 Å². The SMILES string of the molecule is Cn1cnc(-c2cccc(NC(=O)N3CCOC[C@H]3C3CC3)c2)n1. The second kappa shape index (κ2) is 6.24. The van der Waals surface area contributed by atoms with Crippen LogP contribution in [-0.2, 0) is 11.8 Å². The van der Waals surface area contributed by atoms with Crippen LogP contribution in [0.4, 0.5) is 10.5 Å². The number of aryl methyl sites for hydroxylation is 1. The van der Waals surface area contributed by atoms with Crippen molar-refractivity contribution in [3.05, 3.63) is 30.6 Å². The molecule has 7 nitrogen and oxygen atoms in total. The summed E-state index contributed by atoms with van der Waals surface area (Å²) >= 11 is 0. The van der Waals surface area contributed by atoms with Crippen molar-refractivity contribution in [2.24, 2.45) is 13.0 Å². The lowest BCUT2D eigenvalue weighted by molar-refractivity contribution is 0.00773. The first kappa shape index (κ1) is 15.1. The van der Waals surface area contributed by atoms with Crippen LogP contribution in [-0.4, -0.2) is 51.5 Å². The number of nitrogens with one attached hydrogen (secondary N) is 1. The number of benzene rings is 1. The molecule has 1 aliphatic heterocycles. The maximum absolute atomic E-state index is 12.7. The minimum absolute atomic E-state index is 0.0543. The third kappa shape index (κ3) is 3.12. The number of rotatable bonds is 3. The van der Waals surface area contributed by atoms with E-state index in [-0.39, 0.29) is 12.1 Å². The summed E-state index contributed by atoms with van der Waals surface area (Å²) in [6.07, 6.45) is 4.05. The minimum atomic E-state index is -0.0543. The van der Waals surface area contributed by atoms with Gasteiger partial charge in [-0.25, -0.2) is 9.78 Å². The summed E-state index contributed by atoms with van der Waals surface area (Å²) in [6.45, 7) is 1.90. The largest absolute Gasteiger partial charge is 0.377 e. The van der Waals surface area contributed by atoms with Gasteiger partial charge in [-0.3, -0.25) is 4.68 Å². The lowest BCUT2D eigenvalue weighted by Crippen LogP contribution is -2.51. The topological polar surface area (TPSA) is 72.3 Å². The lowest BCUT2D eigenvalue weighted by atomic mass is 10.1. The lowest BCUT2D eigenvalue weighted by Gasteiger charge is -2.35. The molecule has 7 heteroatoms. The van der Waals surface area contributed by atoms with Crippen molar-refractivity contribution in [3.63, 3.8) is 0 Å². The quantitative estimate of drug-likeness (QED) is 0.937. The first-order valence-corrected chi connectivity index (χ1v) is 8.32. The normalized spacial score (nSPS) is 20.9. The van der Waals surface area contributed by atoms with E-state index in [1.165, 1.54) is 12.8 Å². The Balaban J connectivity index is 1.49. The molecule has 1 aromatic heterocycles. The molecule has 0 bridgehead atoms. The van der Waals surface area contributed by atoms with Crippen molar-refractivity contribution >= 4 is 11.7 Å². The number of ether oxygens (including phenoxy) is 1. The Bertz CT molecular complexity index is 740. The number of carbonyl (C=O) groups is 1. The number of hydrogen-bond acceptors (Lipinski definition) is 4.